The third-order valence-electron chi connectivity index (χ3n) is 4.81. The van der Waals surface area contributed by atoms with Crippen LogP contribution in [0.2, 0.25) is 0 Å². The van der Waals surface area contributed by atoms with Gasteiger partial charge in [0.05, 0.1) is 29.0 Å². The van der Waals surface area contributed by atoms with Crippen molar-refractivity contribution in [2.75, 3.05) is 5.75 Å². The van der Waals surface area contributed by atoms with Crippen LogP contribution >= 0.6 is 23.1 Å². The van der Waals surface area contributed by atoms with Crippen LogP contribution in [0, 0.1) is 0 Å². The second-order valence-electron chi connectivity index (χ2n) is 6.91. The molecule has 0 radical (unpaired) electrons. The first-order valence-electron chi connectivity index (χ1n) is 9.72. The fourth-order valence-corrected chi connectivity index (χ4v) is 4.72. The zero-order valence-electron chi connectivity index (χ0n) is 16.4. The summed E-state index contributed by atoms with van der Waals surface area (Å²) in [5.41, 5.74) is 1.98. The Balaban J connectivity index is 1.26. The zero-order valence-corrected chi connectivity index (χ0v) is 18.0. The largest absolute Gasteiger partial charge is 0.467 e. The topological polar surface area (TPSA) is 84.7 Å². The van der Waals surface area contributed by atoms with Gasteiger partial charge in [-0.3, -0.25) is 4.79 Å². The normalized spacial score (nSPS) is 15.9. The van der Waals surface area contributed by atoms with E-state index in [0.717, 1.165) is 21.9 Å². The second kappa shape index (κ2) is 8.91. The first kappa shape index (κ1) is 19.8. The second-order valence-corrected chi connectivity index (χ2v) is 8.78. The number of thioether (sulfide) groups is 1. The van der Waals surface area contributed by atoms with Crippen molar-refractivity contribution in [2.45, 2.75) is 24.1 Å². The lowest BCUT2D eigenvalue weighted by Crippen LogP contribution is -2.28. The lowest BCUT2D eigenvalue weighted by atomic mass is 10.1. The molecule has 0 spiro atoms. The minimum Gasteiger partial charge on any atom is -0.467 e. The minimum atomic E-state index is -0.253. The fourth-order valence-electron chi connectivity index (χ4n) is 3.36. The summed E-state index contributed by atoms with van der Waals surface area (Å²) in [6.07, 6.45) is 2.79. The SMILES string of the molecule is O=C(CSc1nnc(Cc2ccccc2)o1)N1N=C(c2cccs2)CC1c1ccco1. The van der Waals surface area contributed by atoms with E-state index >= 15 is 0 Å². The van der Waals surface area contributed by atoms with Gasteiger partial charge in [0, 0.05) is 6.42 Å². The van der Waals surface area contributed by atoms with Crippen molar-refractivity contribution in [1.82, 2.24) is 15.2 Å². The van der Waals surface area contributed by atoms with Crippen LogP contribution in [-0.4, -0.2) is 32.6 Å². The summed E-state index contributed by atoms with van der Waals surface area (Å²) in [4.78, 5) is 14.1. The third kappa shape index (κ3) is 4.47. The summed E-state index contributed by atoms with van der Waals surface area (Å²) >= 11 is 2.82. The van der Waals surface area contributed by atoms with Crippen LogP contribution in [0.4, 0.5) is 0 Å². The number of benzene rings is 1. The molecule has 4 heterocycles. The molecule has 31 heavy (non-hydrogen) atoms. The van der Waals surface area contributed by atoms with Crippen molar-refractivity contribution in [1.29, 1.82) is 0 Å². The fraction of sp³-hybridized carbons (Fsp3) is 0.182. The van der Waals surface area contributed by atoms with E-state index in [1.807, 2.05) is 60.0 Å². The molecule has 4 aromatic rings. The summed E-state index contributed by atoms with van der Waals surface area (Å²) in [6, 6.07) is 17.3. The highest BCUT2D eigenvalue weighted by atomic mass is 32.2. The molecule has 0 aliphatic carbocycles. The molecule has 1 amide bonds. The van der Waals surface area contributed by atoms with Crippen molar-refractivity contribution >= 4 is 34.7 Å². The maximum Gasteiger partial charge on any atom is 0.277 e. The molecule has 1 aliphatic rings. The number of hydrogen-bond donors (Lipinski definition) is 0. The van der Waals surface area contributed by atoms with Crippen LogP contribution in [0.15, 0.2) is 85.4 Å². The zero-order chi connectivity index (χ0) is 21.0. The lowest BCUT2D eigenvalue weighted by molar-refractivity contribution is -0.130. The number of hydrogen-bond acceptors (Lipinski definition) is 8. The molecule has 0 bridgehead atoms. The van der Waals surface area contributed by atoms with Crippen LogP contribution in [0.25, 0.3) is 0 Å². The Hall–Kier alpha value is -3.17. The van der Waals surface area contributed by atoms with E-state index in [4.69, 9.17) is 8.83 Å². The van der Waals surface area contributed by atoms with Crippen molar-refractivity contribution < 1.29 is 13.6 Å². The Morgan fingerprint density at radius 3 is 2.81 bits per heavy atom. The van der Waals surface area contributed by atoms with Crippen molar-refractivity contribution in [3.63, 3.8) is 0 Å². The molecule has 0 N–H and O–H groups in total. The Kier molecular flexibility index (Phi) is 5.68. The summed E-state index contributed by atoms with van der Waals surface area (Å²) < 4.78 is 11.3. The van der Waals surface area contributed by atoms with Crippen LogP contribution in [0.1, 0.15) is 34.6 Å². The summed E-state index contributed by atoms with van der Waals surface area (Å²) in [5, 5.41) is 16.6. The number of hydrazone groups is 1. The molecular formula is C22H18N4O3S2. The number of carbonyl (C=O) groups is 1. The number of thiophene rings is 1. The van der Waals surface area contributed by atoms with Gasteiger partial charge in [-0.15, -0.1) is 21.5 Å². The van der Waals surface area contributed by atoms with Gasteiger partial charge in [0.1, 0.15) is 11.8 Å². The first-order chi connectivity index (χ1) is 15.3. The van der Waals surface area contributed by atoms with Crippen LogP contribution in [0.3, 0.4) is 0 Å². The molecule has 0 fully saturated rings. The standard InChI is InChI=1S/C22H18N4O3S2/c27-21(14-31-22-24-23-20(29-22)12-15-6-2-1-3-7-15)26-17(18-8-4-10-28-18)13-16(25-26)19-9-5-11-30-19/h1-11,17H,12-14H2. The van der Waals surface area contributed by atoms with E-state index in [0.29, 0.717) is 24.0 Å². The monoisotopic (exact) mass is 450 g/mol. The number of furan rings is 1. The number of amides is 1. The number of aromatic nitrogens is 2. The molecular weight excluding hydrogens is 432 g/mol. The minimum absolute atomic E-state index is 0.138. The quantitative estimate of drug-likeness (QED) is 0.377. The van der Waals surface area contributed by atoms with Crippen molar-refractivity contribution in [3.05, 3.63) is 88.3 Å². The highest BCUT2D eigenvalue weighted by Crippen LogP contribution is 2.34. The van der Waals surface area contributed by atoms with E-state index in [1.54, 1.807) is 17.6 Å². The van der Waals surface area contributed by atoms with Gasteiger partial charge in [0.15, 0.2) is 0 Å². The van der Waals surface area contributed by atoms with Gasteiger partial charge < -0.3 is 8.83 Å². The summed E-state index contributed by atoms with van der Waals surface area (Å²) in [7, 11) is 0. The Morgan fingerprint density at radius 1 is 1.13 bits per heavy atom. The summed E-state index contributed by atoms with van der Waals surface area (Å²) in [5.74, 6) is 1.25. The highest BCUT2D eigenvalue weighted by Gasteiger charge is 2.35. The summed E-state index contributed by atoms with van der Waals surface area (Å²) in [6.45, 7) is 0. The van der Waals surface area contributed by atoms with E-state index in [9.17, 15) is 4.79 Å². The van der Waals surface area contributed by atoms with Crippen LogP contribution < -0.4 is 0 Å². The van der Waals surface area contributed by atoms with Gasteiger partial charge >= 0.3 is 0 Å². The van der Waals surface area contributed by atoms with Crippen LogP contribution in [-0.2, 0) is 11.2 Å². The number of rotatable bonds is 7. The third-order valence-corrected chi connectivity index (χ3v) is 6.53. The van der Waals surface area contributed by atoms with Gasteiger partial charge in [-0.2, -0.15) is 5.10 Å². The highest BCUT2D eigenvalue weighted by molar-refractivity contribution is 7.99. The Labute approximate surface area is 186 Å². The molecule has 1 aromatic carbocycles. The molecule has 156 valence electrons. The molecule has 3 aromatic heterocycles. The smallest absolute Gasteiger partial charge is 0.277 e. The van der Waals surface area contributed by atoms with Gasteiger partial charge in [0.25, 0.3) is 11.1 Å². The van der Waals surface area contributed by atoms with Gasteiger partial charge in [-0.1, -0.05) is 48.2 Å². The van der Waals surface area contributed by atoms with Gasteiger partial charge in [-0.25, -0.2) is 5.01 Å². The average molecular weight is 451 g/mol. The molecule has 0 saturated carbocycles. The lowest BCUT2D eigenvalue weighted by Gasteiger charge is -2.19. The molecule has 1 unspecified atom stereocenters. The predicted octanol–water partition coefficient (Wildman–Crippen LogP) is 4.78. The average Bonchev–Trinajstić information content (AvgIpc) is 3.59. The molecule has 5 rings (SSSR count). The van der Waals surface area contributed by atoms with Gasteiger partial charge in [0.2, 0.25) is 5.89 Å². The van der Waals surface area contributed by atoms with E-state index in [1.165, 1.54) is 16.8 Å². The molecule has 0 saturated heterocycles. The van der Waals surface area contributed by atoms with E-state index < -0.39 is 0 Å². The van der Waals surface area contributed by atoms with Crippen LogP contribution in [0.5, 0.6) is 0 Å². The van der Waals surface area contributed by atoms with E-state index in [2.05, 4.69) is 15.3 Å². The Morgan fingerprint density at radius 2 is 2.03 bits per heavy atom. The molecule has 9 heteroatoms. The first-order valence-corrected chi connectivity index (χ1v) is 11.6. The predicted molar refractivity (Wildman–Crippen MR) is 118 cm³/mol. The maximum absolute atomic E-state index is 13.0. The van der Waals surface area contributed by atoms with Crippen molar-refractivity contribution in [2.24, 2.45) is 5.10 Å². The molecule has 7 nitrogen and oxygen atoms in total. The molecule has 1 atom stereocenters. The number of nitrogens with zero attached hydrogens (tertiary/aromatic N) is 4. The van der Waals surface area contributed by atoms with E-state index in [-0.39, 0.29) is 17.7 Å². The molecule has 1 aliphatic heterocycles. The maximum atomic E-state index is 13.0. The van der Waals surface area contributed by atoms with Crippen molar-refractivity contribution in [3.8, 4) is 0 Å². The number of carbonyl (C=O) groups excluding carboxylic acids is 1. The van der Waals surface area contributed by atoms with Gasteiger partial charge in [-0.05, 0) is 29.1 Å². The Bertz CT molecular complexity index is 1170.